The van der Waals surface area contributed by atoms with Gasteiger partial charge in [0.2, 0.25) is 0 Å². The summed E-state index contributed by atoms with van der Waals surface area (Å²) in [5.74, 6) is 0. The van der Waals surface area contributed by atoms with Crippen molar-refractivity contribution in [2.75, 3.05) is 13.2 Å². The first-order valence-electron chi connectivity index (χ1n) is 4.50. The Labute approximate surface area is 97.4 Å². The fourth-order valence-corrected chi connectivity index (χ4v) is 1.71. The SMILES string of the molecule is OCCCNCc1cccc(Br)c1Cl. The molecule has 0 spiro atoms. The van der Waals surface area contributed by atoms with E-state index >= 15 is 0 Å². The third kappa shape index (κ3) is 3.58. The molecule has 0 saturated carbocycles. The number of hydrogen-bond donors (Lipinski definition) is 2. The van der Waals surface area contributed by atoms with E-state index in [2.05, 4.69) is 21.2 Å². The highest BCUT2D eigenvalue weighted by Crippen LogP contribution is 2.25. The lowest BCUT2D eigenvalue weighted by Crippen LogP contribution is -2.15. The molecule has 0 saturated heterocycles. The van der Waals surface area contributed by atoms with Gasteiger partial charge in [0, 0.05) is 17.6 Å². The summed E-state index contributed by atoms with van der Waals surface area (Å²) in [4.78, 5) is 0. The van der Waals surface area contributed by atoms with Crippen molar-refractivity contribution in [2.24, 2.45) is 0 Å². The maximum absolute atomic E-state index is 8.59. The van der Waals surface area contributed by atoms with Gasteiger partial charge >= 0.3 is 0 Å². The Bertz CT molecular complexity index is 293. The molecule has 0 radical (unpaired) electrons. The molecule has 0 fully saturated rings. The molecular weight excluding hydrogens is 265 g/mol. The van der Waals surface area contributed by atoms with E-state index < -0.39 is 0 Å². The first-order chi connectivity index (χ1) is 6.75. The fourth-order valence-electron chi connectivity index (χ4n) is 1.11. The quantitative estimate of drug-likeness (QED) is 0.812. The van der Waals surface area contributed by atoms with Crippen molar-refractivity contribution in [3.63, 3.8) is 0 Å². The molecule has 14 heavy (non-hydrogen) atoms. The van der Waals surface area contributed by atoms with Gasteiger partial charge in [-0.1, -0.05) is 23.7 Å². The lowest BCUT2D eigenvalue weighted by Gasteiger charge is -2.06. The van der Waals surface area contributed by atoms with E-state index in [-0.39, 0.29) is 6.61 Å². The zero-order valence-corrected chi connectivity index (χ0v) is 10.1. The van der Waals surface area contributed by atoms with Gasteiger partial charge in [-0.2, -0.15) is 0 Å². The van der Waals surface area contributed by atoms with Crippen LogP contribution in [0.25, 0.3) is 0 Å². The second kappa shape index (κ2) is 6.40. The first-order valence-corrected chi connectivity index (χ1v) is 5.67. The number of halogens is 2. The van der Waals surface area contributed by atoms with Gasteiger partial charge < -0.3 is 10.4 Å². The molecule has 0 bridgehead atoms. The van der Waals surface area contributed by atoms with Crippen LogP contribution in [0.3, 0.4) is 0 Å². The molecule has 0 amide bonds. The molecule has 0 unspecified atom stereocenters. The second-order valence-electron chi connectivity index (χ2n) is 2.97. The van der Waals surface area contributed by atoms with Gasteiger partial charge in [-0.05, 0) is 40.5 Å². The minimum atomic E-state index is 0.221. The van der Waals surface area contributed by atoms with Gasteiger partial charge in [-0.15, -0.1) is 0 Å². The third-order valence-corrected chi connectivity index (χ3v) is 3.19. The standard InChI is InChI=1S/C10H13BrClNO/c11-9-4-1-3-8(10(9)12)7-13-5-2-6-14/h1,3-4,13-14H,2,5-7H2. The minimum absolute atomic E-state index is 0.221. The summed E-state index contributed by atoms with van der Waals surface area (Å²) in [6.07, 6.45) is 0.769. The molecule has 2 N–H and O–H groups in total. The lowest BCUT2D eigenvalue weighted by molar-refractivity contribution is 0.286. The van der Waals surface area contributed by atoms with Crippen LogP contribution in [0, 0.1) is 0 Å². The first kappa shape index (κ1) is 12.0. The van der Waals surface area contributed by atoms with Gasteiger partial charge in [-0.3, -0.25) is 0 Å². The summed E-state index contributed by atoms with van der Waals surface area (Å²) in [5, 5.41) is 12.5. The van der Waals surface area contributed by atoms with E-state index in [4.69, 9.17) is 16.7 Å². The number of nitrogens with one attached hydrogen (secondary N) is 1. The highest BCUT2D eigenvalue weighted by molar-refractivity contribution is 9.10. The predicted octanol–water partition coefficient (Wildman–Crippen LogP) is 2.57. The Morgan fingerprint density at radius 1 is 1.43 bits per heavy atom. The smallest absolute Gasteiger partial charge is 0.0592 e. The van der Waals surface area contributed by atoms with Gasteiger partial charge in [0.05, 0.1) is 5.02 Å². The average molecular weight is 279 g/mol. The Hall–Kier alpha value is -0.0900. The van der Waals surface area contributed by atoms with E-state index in [1.807, 2.05) is 18.2 Å². The van der Waals surface area contributed by atoms with Crippen LogP contribution in [0.2, 0.25) is 5.02 Å². The van der Waals surface area contributed by atoms with Crippen LogP contribution < -0.4 is 5.32 Å². The molecule has 0 aliphatic carbocycles. The highest BCUT2D eigenvalue weighted by Gasteiger charge is 2.02. The minimum Gasteiger partial charge on any atom is -0.396 e. The van der Waals surface area contributed by atoms with Crippen molar-refractivity contribution in [1.82, 2.24) is 5.32 Å². The Kier molecular flexibility index (Phi) is 5.48. The van der Waals surface area contributed by atoms with Crippen molar-refractivity contribution in [2.45, 2.75) is 13.0 Å². The van der Waals surface area contributed by atoms with Crippen LogP contribution in [0.15, 0.2) is 22.7 Å². The molecule has 1 aromatic carbocycles. The lowest BCUT2D eigenvalue weighted by atomic mass is 10.2. The summed E-state index contributed by atoms with van der Waals surface area (Å²) < 4.78 is 0.917. The largest absolute Gasteiger partial charge is 0.396 e. The molecule has 0 atom stereocenters. The van der Waals surface area contributed by atoms with E-state index in [1.165, 1.54) is 0 Å². The van der Waals surface area contributed by atoms with Gasteiger partial charge in [0.1, 0.15) is 0 Å². The second-order valence-corrected chi connectivity index (χ2v) is 4.20. The number of rotatable bonds is 5. The van der Waals surface area contributed by atoms with Crippen molar-refractivity contribution in [3.05, 3.63) is 33.3 Å². The Morgan fingerprint density at radius 3 is 2.93 bits per heavy atom. The maximum atomic E-state index is 8.59. The predicted molar refractivity (Wildman–Crippen MR) is 62.6 cm³/mol. The van der Waals surface area contributed by atoms with Crippen LogP contribution in [-0.4, -0.2) is 18.3 Å². The van der Waals surface area contributed by atoms with E-state index in [9.17, 15) is 0 Å². The van der Waals surface area contributed by atoms with E-state index in [0.717, 1.165) is 34.6 Å². The summed E-state index contributed by atoms with van der Waals surface area (Å²) in [7, 11) is 0. The summed E-state index contributed by atoms with van der Waals surface area (Å²) in [6.45, 7) is 1.76. The van der Waals surface area contributed by atoms with Crippen LogP contribution >= 0.6 is 27.5 Å². The molecule has 2 nitrogen and oxygen atoms in total. The molecule has 0 aliphatic heterocycles. The average Bonchev–Trinajstić information content (AvgIpc) is 2.19. The van der Waals surface area contributed by atoms with Crippen LogP contribution in [0.5, 0.6) is 0 Å². The monoisotopic (exact) mass is 277 g/mol. The normalized spacial score (nSPS) is 10.5. The number of hydrogen-bond acceptors (Lipinski definition) is 2. The Morgan fingerprint density at radius 2 is 2.21 bits per heavy atom. The topological polar surface area (TPSA) is 32.3 Å². The zero-order chi connectivity index (χ0) is 10.4. The number of aliphatic hydroxyl groups is 1. The molecule has 4 heteroatoms. The molecule has 0 aromatic heterocycles. The molecular formula is C10H13BrClNO. The Balaban J connectivity index is 2.46. The van der Waals surface area contributed by atoms with Crippen LogP contribution in [-0.2, 0) is 6.54 Å². The van der Waals surface area contributed by atoms with Crippen LogP contribution in [0.1, 0.15) is 12.0 Å². The highest BCUT2D eigenvalue weighted by atomic mass is 79.9. The summed E-state index contributed by atoms with van der Waals surface area (Å²) in [5.41, 5.74) is 1.07. The van der Waals surface area contributed by atoms with E-state index in [0.29, 0.717) is 0 Å². The molecule has 0 heterocycles. The summed E-state index contributed by atoms with van der Waals surface area (Å²) >= 11 is 9.44. The van der Waals surface area contributed by atoms with Gasteiger partial charge in [0.15, 0.2) is 0 Å². The number of benzene rings is 1. The van der Waals surface area contributed by atoms with Crippen molar-refractivity contribution < 1.29 is 5.11 Å². The van der Waals surface area contributed by atoms with E-state index in [1.54, 1.807) is 0 Å². The third-order valence-electron chi connectivity index (χ3n) is 1.86. The van der Waals surface area contributed by atoms with Crippen molar-refractivity contribution in [1.29, 1.82) is 0 Å². The number of aliphatic hydroxyl groups excluding tert-OH is 1. The van der Waals surface area contributed by atoms with Gasteiger partial charge in [0.25, 0.3) is 0 Å². The maximum Gasteiger partial charge on any atom is 0.0592 e. The molecule has 0 aliphatic rings. The summed E-state index contributed by atoms with van der Waals surface area (Å²) in [6, 6.07) is 5.86. The van der Waals surface area contributed by atoms with Crippen molar-refractivity contribution in [3.8, 4) is 0 Å². The zero-order valence-electron chi connectivity index (χ0n) is 7.76. The molecule has 78 valence electrons. The fraction of sp³-hybridized carbons (Fsp3) is 0.400. The van der Waals surface area contributed by atoms with Crippen molar-refractivity contribution >= 4 is 27.5 Å². The van der Waals surface area contributed by atoms with Crippen LogP contribution in [0.4, 0.5) is 0 Å². The molecule has 1 aromatic rings. The molecule has 1 rings (SSSR count). The van der Waals surface area contributed by atoms with Gasteiger partial charge in [-0.25, -0.2) is 0 Å².